The van der Waals surface area contributed by atoms with Crippen molar-refractivity contribution in [1.82, 2.24) is 10.3 Å². The van der Waals surface area contributed by atoms with Crippen LogP contribution in [0.5, 0.6) is 0 Å². The molecule has 3 N–H and O–H groups in total. The van der Waals surface area contributed by atoms with Crippen molar-refractivity contribution in [3.63, 3.8) is 0 Å². The molecule has 1 saturated carbocycles. The van der Waals surface area contributed by atoms with Gasteiger partial charge in [0.05, 0.1) is 11.9 Å². The van der Waals surface area contributed by atoms with E-state index >= 15 is 0 Å². The van der Waals surface area contributed by atoms with Crippen molar-refractivity contribution < 1.29 is 4.79 Å². The molecule has 0 radical (unpaired) electrons. The van der Waals surface area contributed by atoms with E-state index in [-0.39, 0.29) is 11.3 Å². The summed E-state index contributed by atoms with van der Waals surface area (Å²) in [6, 6.07) is 3.77. The molecule has 1 aliphatic rings. The van der Waals surface area contributed by atoms with Crippen molar-refractivity contribution >= 4 is 17.8 Å². The van der Waals surface area contributed by atoms with Gasteiger partial charge in [-0.05, 0) is 48.8 Å². The summed E-state index contributed by atoms with van der Waals surface area (Å²) in [5.41, 5.74) is 1.70. The number of carbonyl (C=O) groups excluding carboxylic acids is 1. The van der Waals surface area contributed by atoms with Gasteiger partial charge in [0.15, 0.2) is 0 Å². The Hall–Kier alpha value is -2.68. The van der Waals surface area contributed by atoms with Crippen molar-refractivity contribution in [2.75, 3.05) is 5.32 Å². The van der Waals surface area contributed by atoms with Crippen molar-refractivity contribution in [2.24, 2.45) is 5.41 Å². The first kappa shape index (κ1) is 18.7. The third-order valence-electron chi connectivity index (χ3n) is 4.61. The molecule has 1 heterocycles. The predicted molar refractivity (Wildman–Crippen MR) is 98.4 cm³/mol. The minimum absolute atomic E-state index is 0.112. The highest BCUT2D eigenvalue weighted by molar-refractivity contribution is 5.99. The number of nitrogens with zero attached hydrogens (tertiary/aromatic N) is 2. The first-order valence-electron chi connectivity index (χ1n) is 8.39. The lowest BCUT2D eigenvalue weighted by molar-refractivity contribution is -0.125. The maximum Gasteiger partial charge on any atom is 0.250 e. The molecule has 25 heavy (non-hydrogen) atoms. The molecule has 1 aromatic rings. The number of allylic oxidation sites excluding steroid dienone is 1. The lowest BCUT2D eigenvalue weighted by Gasteiger charge is -2.41. The van der Waals surface area contributed by atoms with Crippen LogP contribution in [0.3, 0.4) is 0 Å². The summed E-state index contributed by atoms with van der Waals surface area (Å²) in [4.78, 5) is 16.8. The smallest absolute Gasteiger partial charge is 0.250 e. The number of nitrogens with one attached hydrogen (secondary N) is 3. The molecule has 2 rings (SSSR count). The van der Waals surface area contributed by atoms with Gasteiger partial charge in [-0.3, -0.25) is 4.79 Å². The van der Waals surface area contributed by atoms with Crippen LogP contribution in [0.15, 0.2) is 24.0 Å². The number of anilines is 1. The van der Waals surface area contributed by atoms with Crippen molar-refractivity contribution in [3.8, 4) is 6.07 Å². The fourth-order valence-corrected chi connectivity index (χ4v) is 2.67. The van der Waals surface area contributed by atoms with Crippen molar-refractivity contribution in [1.29, 1.82) is 10.7 Å². The second-order valence-corrected chi connectivity index (χ2v) is 7.53. The number of nitriles is 1. The Morgan fingerprint density at radius 3 is 2.56 bits per heavy atom. The van der Waals surface area contributed by atoms with E-state index in [1.165, 1.54) is 12.4 Å². The van der Waals surface area contributed by atoms with Crippen molar-refractivity contribution in [3.05, 3.63) is 35.3 Å². The van der Waals surface area contributed by atoms with Crippen LogP contribution >= 0.6 is 0 Å². The van der Waals surface area contributed by atoms with Gasteiger partial charge < -0.3 is 16.0 Å². The third kappa shape index (κ3) is 4.05. The van der Waals surface area contributed by atoms with Crippen LogP contribution in [-0.4, -0.2) is 22.6 Å². The molecule has 0 bridgehead atoms. The number of hydrogen-bond donors (Lipinski definition) is 3. The van der Waals surface area contributed by atoms with Crippen LogP contribution in [-0.2, 0) is 4.79 Å². The molecule has 0 aromatic carbocycles. The molecule has 0 spiro atoms. The van der Waals surface area contributed by atoms with Crippen LogP contribution in [0.25, 0.3) is 0 Å². The Labute approximate surface area is 148 Å². The van der Waals surface area contributed by atoms with Gasteiger partial charge in [0.2, 0.25) is 5.91 Å². The monoisotopic (exact) mass is 339 g/mol. The van der Waals surface area contributed by atoms with E-state index in [1.807, 2.05) is 26.8 Å². The highest BCUT2D eigenvalue weighted by Gasteiger charge is 2.43. The van der Waals surface area contributed by atoms with E-state index < -0.39 is 5.54 Å². The summed E-state index contributed by atoms with van der Waals surface area (Å²) >= 11 is 0. The number of hydrogen-bond acceptors (Lipinski definition) is 5. The summed E-state index contributed by atoms with van der Waals surface area (Å²) < 4.78 is 0. The fourth-order valence-electron chi connectivity index (χ4n) is 2.67. The van der Waals surface area contributed by atoms with Crippen LogP contribution in [0.1, 0.15) is 51.3 Å². The number of rotatable bonds is 5. The molecule has 6 heteroatoms. The minimum Gasteiger partial charge on any atom is -0.377 e. The van der Waals surface area contributed by atoms with Gasteiger partial charge in [0.25, 0.3) is 0 Å². The van der Waals surface area contributed by atoms with Gasteiger partial charge in [0.1, 0.15) is 17.3 Å². The number of carbonyl (C=O) groups is 1. The highest BCUT2D eigenvalue weighted by Crippen LogP contribution is 2.34. The zero-order valence-electron chi connectivity index (χ0n) is 15.2. The van der Waals surface area contributed by atoms with E-state index in [0.717, 1.165) is 30.4 Å². The second kappa shape index (κ2) is 7.06. The minimum atomic E-state index is -0.651. The molecule has 0 unspecified atom stereocenters. The molecule has 6 nitrogen and oxygen atoms in total. The SMILES string of the molecule is Cc1cc(NC(=O)C2(N/C=C(\C=N)C(C)(C)C)CCC2)cnc1C#N. The van der Waals surface area contributed by atoms with Gasteiger partial charge in [-0.15, -0.1) is 0 Å². The van der Waals surface area contributed by atoms with Gasteiger partial charge in [-0.1, -0.05) is 20.8 Å². The summed E-state index contributed by atoms with van der Waals surface area (Å²) in [5.74, 6) is -0.112. The molecule has 132 valence electrons. The van der Waals surface area contributed by atoms with E-state index in [2.05, 4.69) is 15.6 Å². The van der Waals surface area contributed by atoms with Crippen LogP contribution in [0, 0.1) is 29.1 Å². The molecule has 1 aromatic heterocycles. The van der Waals surface area contributed by atoms with Crippen LogP contribution in [0.2, 0.25) is 0 Å². The van der Waals surface area contributed by atoms with E-state index in [0.29, 0.717) is 11.4 Å². The predicted octanol–water partition coefficient (Wildman–Crippen LogP) is 3.29. The summed E-state index contributed by atoms with van der Waals surface area (Å²) in [5, 5.41) is 22.7. The van der Waals surface area contributed by atoms with Gasteiger partial charge >= 0.3 is 0 Å². The van der Waals surface area contributed by atoms with Gasteiger partial charge in [-0.25, -0.2) is 4.98 Å². The Balaban J connectivity index is 2.15. The quantitative estimate of drug-likeness (QED) is 0.716. The molecule has 0 aliphatic heterocycles. The van der Waals surface area contributed by atoms with E-state index in [4.69, 9.17) is 10.7 Å². The second-order valence-electron chi connectivity index (χ2n) is 7.53. The number of pyridine rings is 1. The fraction of sp³-hybridized carbons (Fsp3) is 0.474. The first-order valence-corrected chi connectivity index (χ1v) is 8.39. The van der Waals surface area contributed by atoms with Crippen LogP contribution < -0.4 is 10.6 Å². The molecule has 1 amide bonds. The third-order valence-corrected chi connectivity index (χ3v) is 4.61. The van der Waals surface area contributed by atoms with Crippen molar-refractivity contribution in [2.45, 2.75) is 52.5 Å². The topological polar surface area (TPSA) is 102 Å². The molecule has 1 aliphatic carbocycles. The van der Waals surface area contributed by atoms with E-state index in [9.17, 15) is 4.79 Å². The zero-order chi connectivity index (χ0) is 18.7. The molecule has 0 atom stereocenters. The number of aryl methyl sites for hydroxylation is 1. The Morgan fingerprint density at radius 1 is 1.44 bits per heavy atom. The lowest BCUT2D eigenvalue weighted by atomic mass is 9.75. The lowest BCUT2D eigenvalue weighted by Crippen LogP contribution is -2.57. The Kier molecular flexibility index (Phi) is 5.27. The van der Waals surface area contributed by atoms with Crippen LogP contribution in [0.4, 0.5) is 5.69 Å². The number of aromatic nitrogens is 1. The summed E-state index contributed by atoms with van der Waals surface area (Å²) in [6.07, 6.45) is 7.08. The first-order chi connectivity index (χ1) is 11.7. The number of amides is 1. The molecular weight excluding hydrogens is 314 g/mol. The standard InChI is InChI=1S/C19H25N5O/c1-13-8-15(12-22-16(13)10-21)24-17(25)19(6-5-7-19)23-11-14(9-20)18(2,3)4/h8-9,11-12,20,23H,5-7H2,1-4H3,(H,24,25)/b14-11+,20-9?. The summed E-state index contributed by atoms with van der Waals surface area (Å²) in [6.45, 7) is 7.89. The zero-order valence-corrected chi connectivity index (χ0v) is 15.2. The average Bonchev–Trinajstić information content (AvgIpc) is 2.48. The van der Waals surface area contributed by atoms with Gasteiger partial charge in [0, 0.05) is 12.4 Å². The molecular formula is C19H25N5O. The maximum atomic E-state index is 12.8. The Bertz CT molecular complexity index is 748. The van der Waals surface area contributed by atoms with E-state index in [1.54, 1.807) is 19.2 Å². The molecule has 0 saturated heterocycles. The average molecular weight is 339 g/mol. The maximum absolute atomic E-state index is 12.8. The Morgan fingerprint density at radius 2 is 2.12 bits per heavy atom. The summed E-state index contributed by atoms with van der Waals surface area (Å²) in [7, 11) is 0. The normalized spacial score (nSPS) is 16.4. The van der Waals surface area contributed by atoms with Gasteiger partial charge in [-0.2, -0.15) is 5.26 Å². The highest BCUT2D eigenvalue weighted by atomic mass is 16.2. The molecule has 1 fully saturated rings. The largest absolute Gasteiger partial charge is 0.377 e.